The standard InChI is InChI=1S/C45H53BrN8O6/c1-50-26-33(24-34(28-50)48-36-25-47-53(4)45(59)41(36)46)30-13-15-31(16-14-30)43(57)52(3)22-7-21-51(2)35-17-11-29(12-18-35)8-6-23-60-38-10-5-9-32-27-54(44(58)40(32)38)37-19-20-39(55)49-42(37)56/h5,9-18,25,33-34,37,48H,6-8,19-24,26-28H2,1-4H3,(H,49,55,56). The van der Waals surface area contributed by atoms with E-state index in [1.54, 1.807) is 29.1 Å². The zero-order valence-electron chi connectivity index (χ0n) is 34.7. The van der Waals surface area contributed by atoms with E-state index in [-0.39, 0.29) is 41.7 Å². The number of rotatable bonds is 15. The number of hydrogen-bond donors (Lipinski definition) is 2. The molecule has 3 unspecified atom stereocenters. The van der Waals surface area contributed by atoms with Crippen LogP contribution < -0.4 is 25.8 Å². The Morgan fingerprint density at radius 2 is 1.73 bits per heavy atom. The van der Waals surface area contributed by atoms with Crippen molar-refractivity contribution < 1.29 is 23.9 Å². The summed E-state index contributed by atoms with van der Waals surface area (Å²) in [6.45, 7) is 3.93. The molecule has 0 bridgehead atoms. The molecule has 316 valence electrons. The van der Waals surface area contributed by atoms with E-state index in [1.165, 1.54) is 15.8 Å². The van der Waals surface area contributed by atoms with Crippen LogP contribution >= 0.6 is 15.9 Å². The number of aryl methyl sites for hydroxylation is 2. The van der Waals surface area contributed by atoms with Gasteiger partial charge in [-0.3, -0.25) is 29.3 Å². The van der Waals surface area contributed by atoms with Gasteiger partial charge in [0.05, 0.1) is 24.1 Å². The maximum Gasteiger partial charge on any atom is 0.282 e. The maximum absolute atomic E-state index is 13.4. The molecular formula is C45H53BrN8O6. The lowest BCUT2D eigenvalue weighted by Crippen LogP contribution is -2.52. The van der Waals surface area contributed by atoms with Crippen LogP contribution in [-0.4, -0.2) is 114 Å². The second-order valence-corrected chi connectivity index (χ2v) is 17.0. The van der Waals surface area contributed by atoms with Gasteiger partial charge in [0.2, 0.25) is 11.8 Å². The molecule has 60 heavy (non-hydrogen) atoms. The Balaban J connectivity index is 0.828. The second kappa shape index (κ2) is 18.8. The summed E-state index contributed by atoms with van der Waals surface area (Å²) in [6, 6.07) is 21.5. The smallest absolute Gasteiger partial charge is 0.282 e. The van der Waals surface area contributed by atoms with Gasteiger partial charge in [0, 0.05) is 77.6 Å². The summed E-state index contributed by atoms with van der Waals surface area (Å²) in [7, 11) is 7.64. The Hall–Kier alpha value is -5.54. The third-order valence-electron chi connectivity index (χ3n) is 11.8. The van der Waals surface area contributed by atoms with Crippen molar-refractivity contribution in [2.24, 2.45) is 7.05 Å². The van der Waals surface area contributed by atoms with Gasteiger partial charge < -0.3 is 29.7 Å². The van der Waals surface area contributed by atoms with Crippen LogP contribution in [0.4, 0.5) is 11.4 Å². The van der Waals surface area contributed by atoms with E-state index < -0.39 is 11.9 Å². The molecule has 3 aliphatic rings. The highest BCUT2D eigenvalue weighted by molar-refractivity contribution is 9.10. The van der Waals surface area contributed by atoms with Crippen LogP contribution in [0.3, 0.4) is 0 Å². The van der Waals surface area contributed by atoms with Crippen molar-refractivity contribution in [3.05, 3.63) is 116 Å². The minimum absolute atomic E-state index is 0.00158. The Morgan fingerprint density at radius 3 is 2.48 bits per heavy atom. The molecule has 15 heteroatoms. The highest BCUT2D eigenvalue weighted by atomic mass is 79.9. The molecule has 3 aromatic carbocycles. The summed E-state index contributed by atoms with van der Waals surface area (Å²) < 4.78 is 7.88. The number of halogens is 1. The highest BCUT2D eigenvalue weighted by Crippen LogP contribution is 2.34. The largest absolute Gasteiger partial charge is 0.493 e. The van der Waals surface area contributed by atoms with E-state index in [1.807, 2.05) is 31.3 Å². The van der Waals surface area contributed by atoms with Crippen molar-refractivity contribution in [2.75, 3.05) is 64.1 Å². The summed E-state index contributed by atoms with van der Waals surface area (Å²) in [5, 5.41) is 10.0. The van der Waals surface area contributed by atoms with E-state index in [0.717, 1.165) is 56.6 Å². The Labute approximate surface area is 359 Å². The molecule has 4 amide bonds. The summed E-state index contributed by atoms with van der Waals surface area (Å²) in [5.41, 5.74) is 5.97. The number of ether oxygens (including phenoxy) is 1. The van der Waals surface area contributed by atoms with Crippen molar-refractivity contribution >= 4 is 50.9 Å². The summed E-state index contributed by atoms with van der Waals surface area (Å²) >= 11 is 3.42. The summed E-state index contributed by atoms with van der Waals surface area (Å²) in [5.74, 6) is -0.174. The number of aromatic nitrogens is 2. The average Bonchev–Trinajstić information content (AvgIpc) is 3.58. The molecule has 14 nitrogen and oxygen atoms in total. The number of anilines is 2. The van der Waals surface area contributed by atoms with Gasteiger partial charge in [0.1, 0.15) is 16.3 Å². The van der Waals surface area contributed by atoms with Gasteiger partial charge in [-0.15, -0.1) is 0 Å². The molecule has 0 spiro atoms. The number of carbonyl (C=O) groups excluding carboxylic acids is 4. The fourth-order valence-corrected chi connectivity index (χ4v) is 8.94. The van der Waals surface area contributed by atoms with Gasteiger partial charge >= 0.3 is 0 Å². The van der Waals surface area contributed by atoms with Gasteiger partial charge in [-0.25, -0.2) is 4.68 Å². The molecule has 2 N–H and O–H groups in total. The van der Waals surface area contributed by atoms with Crippen molar-refractivity contribution in [1.82, 2.24) is 29.8 Å². The number of carbonyl (C=O) groups is 4. The van der Waals surface area contributed by atoms with Crippen LogP contribution in [0.15, 0.2) is 82.2 Å². The number of fused-ring (bicyclic) bond motifs is 1. The van der Waals surface area contributed by atoms with Crippen LogP contribution in [0.5, 0.6) is 5.75 Å². The number of likely N-dealkylation sites (tertiary alicyclic amines) is 1. The van der Waals surface area contributed by atoms with Gasteiger partial charge in [-0.1, -0.05) is 36.4 Å². The molecule has 1 aromatic heterocycles. The molecule has 0 radical (unpaired) electrons. The van der Waals surface area contributed by atoms with E-state index in [9.17, 15) is 24.0 Å². The first-order chi connectivity index (χ1) is 28.9. The molecule has 3 atom stereocenters. The number of hydrogen-bond acceptors (Lipinski definition) is 10. The first-order valence-corrected chi connectivity index (χ1v) is 21.4. The Morgan fingerprint density at radius 1 is 0.967 bits per heavy atom. The third-order valence-corrected chi connectivity index (χ3v) is 12.6. The molecule has 3 aliphatic heterocycles. The quantitative estimate of drug-likeness (QED) is 0.126. The first kappa shape index (κ1) is 42.6. The van der Waals surface area contributed by atoms with Gasteiger partial charge in [-0.05, 0) is 108 Å². The summed E-state index contributed by atoms with van der Waals surface area (Å²) in [4.78, 5) is 70.9. The Bertz CT molecular complexity index is 2280. The number of nitrogens with one attached hydrogen (secondary N) is 2. The normalized spacial score (nSPS) is 19.2. The lowest BCUT2D eigenvalue weighted by molar-refractivity contribution is -0.136. The lowest BCUT2D eigenvalue weighted by Gasteiger charge is -2.37. The van der Waals surface area contributed by atoms with Crippen LogP contribution in [0.25, 0.3) is 0 Å². The van der Waals surface area contributed by atoms with Gasteiger partial charge in [0.15, 0.2) is 0 Å². The number of amides is 4. The fourth-order valence-electron chi connectivity index (χ4n) is 8.47. The van der Waals surface area contributed by atoms with Crippen LogP contribution in [0.1, 0.15) is 75.4 Å². The molecule has 7 rings (SSSR count). The molecule has 2 saturated heterocycles. The van der Waals surface area contributed by atoms with Crippen LogP contribution in [-0.2, 0) is 29.6 Å². The molecular weight excluding hydrogens is 828 g/mol. The molecule has 4 heterocycles. The monoisotopic (exact) mass is 880 g/mol. The maximum atomic E-state index is 13.4. The van der Waals surface area contributed by atoms with E-state index in [4.69, 9.17) is 4.74 Å². The first-order valence-electron chi connectivity index (χ1n) is 20.6. The summed E-state index contributed by atoms with van der Waals surface area (Å²) in [6.07, 6.45) is 5.50. The minimum Gasteiger partial charge on any atom is -0.493 e. The number of imide groups is 1. The SMILES string of the molecule is CN1CC(Nc2cnn(C)c(=O)c2Br)CC(c2ccc(C(=O)N(C)CCCN(C)c3ccc(CCCOc4cccc5c4C(=O)N(C4CCC(=O)NC4=O)C5)cc3)cc2)C1. The van der Waals surface area contributed by atoms with Crippen LogP contribution in [0.2, 0.25) is 0 Å². The van der Waals surface area contributed by atoms with Gasteiger partial charge in [-0.2, -0.15) is 5.10 Å². The molecule has 0 saturated carbocycles. The lowest BCUT2D eigenvalue weighted by atomic mass is 9.87. The molecule has 2 fully saturated rings. The van der Waals surface area contributed by atoms with E-state index in [0.29, 0.717) is 53.2 Å². The van der Waals surface area contributed by atoms with Crippen molar-refractivity contribution in [1.29, 1.82) is 0 Å². The molecule has 4 aromatic rings. The minimum atomic E-state index is -0.657. The average molecular weight is 882 g/mol. The predicted molar refractivity (Wildman–Crippen MR) is 233 cm³/mol. The Kier molecular flexibility index (Phi) is 13.3. The van der Waals surface area contributed by atoms with Crippen molar-refractivity contribution in [3.63, 3.8) is 0 Å². The topological polar surface area (TPSA) is 149 Å². The number of likely N-dealkylation sites (N-methyl/N-ethyl adjacent to an activating group) is 1. The fraction of sp³-hybridized carbons (Fsp3) is 0.422. The number of benzene rings is 3. The zero-order valence-corrected chi connectivity index (χ0v) is 36.2. The van der Waals surface area contributed by atoms with E-state index >= 15 is 0 Å². The predicted octanol–water partition coefficient (Wildman–Crippen LogP) is 4.81. The van der Waals surface area contributed by atoms with Gasteiger partial charge in [0.25, 0.3) is 17.4 Å². The van der Waals surface area contributed by atoms with Crippen molar-refractivity contribution in [3.8, 4) is 5.75 Å². The third kappa shape index (κ3) is 9.73. The number of piperidine rings is 2. The zero-order chi connectivity index (χ0) is 42.5. The van der Waals surface area contributed by atoms with Crippen LogP contribution in [0, 0.1) is 0 Å². The van der Waals surface area contributed by atoms with E-state index in [2.05, 4.69) is 92.0 Å². The van der Waals surface area contributed by atoms with Crippen molar-refractivity contribution in [2.45, 2.75) is 63.1 Å². The number of nitrogens with zero attached hydrogens (tertiary/aromatic N) is 6. The second-order valence-electron chi connectivity index (χ2n) is 16.2. The highest BCUT2D eigenvalue weighted by Gasteiger charge is 2.40. The molecule has 0 aliphatic carbocycles.